The van der Waals surface area contributed by atoms with Crippen molar-refractivity contribution >= 4 is 23.7 Å². The number of aliphatic carboxylic acids is 1. The van der Waals surface area contributed by atoms with Gasteiger partial charge in [-0.15, -0.1) is 0 Å². The summed E-state index contributed by atoms with van der Waals surface area (Å²) in [7, 11) is 0. The number of amides is 3. The van der Waals surface area contributed by atoms with Gasteiger partial charge in [0.25, 0.3) is 0 Å². The summed E-state index contributed by atoms with van der Waals surface area (Å²) in [6.07, 6.45) is 0.0111. The highest BCUT2D eigenvalue weighted by molar-refractivity contribution is 5.94. The van der Waals surface area contributed by atoms with Crippen molar-refractivity contribution in [1.29, 1.82) is 0 Å². The minimum atomic E-state index is -1.21. The summed E-state index contributed by atoms with van der Waals surface area (Å²) in [6, 6.07) is 1.40. The molecule has 33 heavy (non-hydrogen) atoms. The molecule has 1 rings (SSSR count). The van der Waals surface area contributed by atoms with E-state index in [1.54, 1.807) is 39.8 Å². The quantitative estimate of drug-likeness (QED) is 0.206. The largest absolute Gasteiger partial charge is 0.508 e. The van der Waals surface area contributed by atoms with Crippen molar-refractivity contribution in [3.05, 3.63) is 29.8 Å². The van der Waals surface area contributed by atoms with Crippen LogP contribution in [0.25, 0.3) is 0 Å². The predicted molar refractivity (Wildman–Crippen MR) is 120 cm³/mol. The van der Waals surface area contributed by atoms with Gasteiger partial charge in [-0.2, -0.15) is 0 Å². The molecule has 0 spiro atoms. The summed E-state index contributed by atoms with van der Waals surface area (Å²) < 4.78 is 0. The Balaban J connectivity index is 3.13. The van der Waals surface area contributed by atoms with Crippen LogP contribution in [0.2, 0.25) is 0 Å². The number of hydrogen-bond donors (Lipinski definition) is 7. The fourth-order valence-electron chi connectivity index (χ4n) is 2.98. The molecule has 0 fully saturated rings. The topological polar surface area (TPSA) is 191 Å². The minimum Gasteiger partial charge on any atom is -0.508 e. The van der Waals surface area contributed by atoms with Crippen LogP contribution in [0, 0.1) is 11.8 Å². The molecule has 1 aromatic rings. The number of nitrogens with one attached hydrogen (secondary N) is 3. The first kappa shape index (κ1) is 27.9. The van der Waals surface area contributed by atoms with Gasteiger partial charge < -0.3 is 37.0 Å². The Bertz CT molecular complexity index is 827. The van der Waals surface area contributed by atoms with Gasteiger partial charge in [0.05, 0.1) is 6.61 Å². The van der Waals surface area contributed by atoms with Crippen molar-refractivity contribution < 1.29 is 34.5 Å². The lowest BCUT2D eigenvalue weighted by Crippen LogP contribution is -2.59. The van der Waals surface area contributed by atoms with Crippen LogP contribution in [0.4, 0.5) is 0 Å². The van der Waals surface area contributed by atoms with Crippen molar-refractivity contribution in [2.75, 3.05) is 6.61 Å². The third kappa shape index (κ3) is 8.70. The number of aromatic hydroxyl groups is 1. The highest BCUT2D eigenvalue weighted by atomic mass is 16.4. The number of nitrogens with two attached hydrogens (primary N) is 1. The van der Waals surface area contributed by atoms with Crippen molar-refractivity contribution in [1.82, 2.24) is 16.0 Å². The zero-order chi connectivity index (χ0) is 25.3. The Kier molecular flexibility index (Phi) is 10.8. The number of aliphatic hydroxyl groups is 1. The zero-order valence-corrected chi connectivity index (χ0v) is 19.2. The molecule has 0 aliphatic heterocycles. The normalized spacial score (nSPS) is 14.8. The molecule has 1 aromatic carbocycles. The molecule has 4 atom stereocenters. The lowest BCUT2D eigenvalue weighted by Gasteiger charge is -2.27. The van der Waals surface area contributed by atoms with Crippen molar-refractivity contribution in [3.8, 4) is 5.75 Å². The molecular formula is C22H34N4O7. The van der Waals surface area contributed by atoms with Gasteiger partial charge in [0.1, 0.15) is 29.9 Å². The maximum Gasteiger partial charge on any atom is 0.326 e. The van der Waals surface area contributed by atoms with Crippen LogP contribution in [0.5, 0.6) is 5.75 Å². The first-order valence-electron chi connectivity index (χ1n) is 10.7. The van der Waals surface area contributed by atoms with Gasteiger partial charge in [0.15, 0.2) is 0 Å². The standard InChI is InChI=1S/C22H34N4O7/c1-11(2)17(25-19(29)15(23)10-27)21(31)24-16(9-13-5-7-14(28)8-6-13)20(30)26-18(12(3)4)22(32)33/h5-8,11-12,15-18,27-28H,9-10,23H2,1-4H3,(H,24,31)(H,25,29)(H,26,30)(H,32,33). The summed E-state index contributed by atoms with van der Waals surface area (Å²) >= 11 is 0. The molecule has 0 radical (unpaired) electrons. The average Bonchev–Trinajstić information content (AvgIpc) is 2.74. The Morgan fingerprint density at radius 3 is 1.82 bits per heavy atom. The molecule has 0 aromatic heterocycles. The molecule has 0 aliphatic rings. The van der Waals surface area contributed by atoms with Crippen LogP contribution < -0.4 is 21.7 Å². The number of rotatable bonds is 12. The summed E-state index contributed by atoms with van der Waals surface area (Å²) in [4.78, 5) is 49.5. The van der Waals surface area contributed by atoms with E-state index in [9.17, 15) is 29.4 Å². The SMILES string of the molecule is CC(C)C(NC(=O)C(Cc1ccc(O)cc1)NC(=O)C(NC(=O)C(N)CO)C(C)C)C(=O)O. The third-order valence-electron chi connectivity index (χ3n) is 5.02. The average molecular weight is 467 g/mol. The molecular weight excluding hydrogens is 432 g/mol. The second-order valence-corrected chi connectivity index (χ2v) is 8.52. The Morgan fingerprint density at radius 2 is 1.36 bits per heavy atom. The van der Waals surface area contributed by atoms with E-state index >= 15 is 0 Å². The number of carboxylic acids is 1. The molecule has 11 heteroatoms. The van der Waals surface area contributed by atoms with E-state index in [4.69, 9.17) is 10.8 Å². The monoisotopic (exact) mass is 466 g/mol. The summed E-state index contributed by atoms with van der Waals surface area (Å²) in [5.41, 5.74) is 6.11. The second-order valence-electron chi connectivity index (χ2n) is 8.52. The smallest absolute Gasteiger partial charge is 0.326 e. The zero-order valence-electron chi connectivity index (χ0n) is 19.2. The molecule has 0 saturated carbocycles. The molecule has 0 saturated heterocycles. The minimum absolute atomic E-state index is 0.0111. The molecule has 184 valence electrons. The van der Waals surface area contributed by atoms with E-state index in [0.29, 0.717) is 5.56 Å². The second kappa shape index (κ2) is 12.8. The lowest BCUT2D eigenvalue weighted by atomic mass is 9.99. The number of carboxylic acid groups (broad SMARTS) is 1. The highest BCUT2D eigenvalue weighted by Gasteiger charge is 2.32. The van der Waals surface area contributed by atoms with Gasteiger partial charge in [-0.3, -0.25) is 14.4 Å². The fourth-order valence-corrected chi connectivity index (χ4v) is 2.98. The maximum atomic E-state index is 13.0. The van der Waals surface area contributed by atoms with Crippen LogP contribution >= 0.6 is 0 Å². The summed E-state index contributed by atoms with van der Waals surface area (Å²) in [5.74, 6) is -4.07. The van der Waals surface area contributed by atoms with Crippen molar-refractivity contribution in [2.24, 2.45) is 17.6 Å². The summed E-state index contributed by atoms with van der Waals surface area (Å²) in [6.45, 7) is 6.05. The maximum absolute atomic E-state index is 13.0. The fraction of sp³-hybridized carbons (Fsp3) is 0.545. The number of phenolic OH excluding ortho intramolecular Hbond substituents is 1. The van der Waals surface area contributed by atoms with Crippen LogP contribution in [0.15, 0.2) is 24.3 Å². The number of phenols is 1. The van der Waals surface area contributed by atoms with E-state index in [2.05, 4.69) is 16.0 Å². The van der Waals surface area contributed by atoms with E-state index in [1.807, 2.05) is 0 Å². The van der Waals surface area contributed by atoms with Crippen LogP contribution in [-0.4, -0.2) is 69.8 Å². The van der Waals surface area contributed by atoms with Crippen LogP contribution in [0.3, 0.4) is 0 Å². The molecule has 0 aliphatic carbocycles. The van der Waals surface area contributed by atoms with E-state index in [1.165, 1.54) is 12.1 Å². The first-order chi connectivity index (χ1) is 15.4. The van der Waals surface area contributed by atoms with E-state index in [0.717, 1.165) is 0 Å². The molecule has 11 nitrogen and oxygen atoms in total. The molecule has 0 heterocycles. The molecule has 4 unspecified atom stereocenters. The number of benzene rings is 1. The van der Waals surface area contributed by atoms with Gasteiger partial charge in [-0.05, 0) is 29.5 Å². The van der Waals surface area contributed by atoms with Gasteiger partial charge >= 0.3 is 5.97 Å². The van der Waals surface area contributed by atoms with Gasteiger partial charge in [0, 0.05) is 6.42 Å². The highest BCUT2D eigenvalue weighted by Crippen LogP contribution is 2.13. The molecule has 8 N–H and O–H groups in total. The van der Waals surface area contributed by atoms with Crippen LogP contribution in [-0.2, 0) is 25.6 Å². The van der Waals surface area contributed by atoms with Crippen molar-refractivity contribution in [3.63, 3.8) is 0 Å². The van der Waals surface area contributed by atoms with Gasteiger partial charge in [-0.1, -0.05) is 39.8 Å². The summed E-state index contributed by atoms with van der Waals surface area (Å²) in [5, 5.41) is 35.4. The number of hydrogen-bond acceptors (Lipinski definition) is 7. The van der Waals surface area contributed by atoms with E-state index in [-0.39, 0.29) is 18.1 Å². The number of aliphatic hydroxyl groups excluding tert-OH is 1. The first-order valence-corrected chi connectivity index (χ1v) is 10.7. The van der Waals surface area contributed by atoms with E-state index < -0.39 is 60.4 Å². The molecule has 3 amide bonds. The van der Waals surface area contributed by atoms with Gasteiger partial charge in [0.2, 0.25) is 17.7 Å². The number of carbonyl (C=O) groups is 4. The molecule has 0 bridgehead atoms. The predicted octanol–water partition coefficient (Wildman–Crippen LogP) is -0.895. The lowest BCUT2D eigenvalue weighted by molar-refractivity contribution is -0.143. The Hall–Kier alpha value is -3.18. The van der Waals surface area contributed by atoms with Crippen molar-refractivity contribution in [2.45, 2.75) is 58.3 Å². The Labute approximate surface area is 192 Å². The Morgan fingerprint density at radius 1 is 0.848 bits per heavy atom. The third-order valence-corrected chi connectivity index (χ3v) is 5.02. The van der Waals surface area contributed by atoms with Gasteiger partial charge in [-0.25, -0.2) is 4.79 Å². The van der Waals surface area contributed by atoms with Crippen LogP contribution in [0.1, 0.15) is 33.3 Å². The number of carbonyl (C=O) groups excluding carboxylic acids is 3.